The molecule has 0 spiro atoms. The smallest absolute Gasteiger partial charge is 0.292 e. The molecule has 0 fully saturated rings. The lowest BCUT2D eigenvalue weighted by atomic mass is 10.1. The second-order valence-corrected chi connectivity index (χ2v) is 6.41. The van der Waals surface area contributed by atoms with Gasteiger partial charge in [0.1, 0.15) is 18.1 Å². The Kier molecular flexibility index (Phi) is 6.29. The topological polar surface area (TPSA) is 82.4 Å². The van der Waals surface area contributed by atoms with Crippen molar-refractivity contribution in [2.24, 2.45) is 0 Å². The summed E-state index contributed by atoms with van der Waals surface area (Å²) in [4.78, 5) is 25.0. The van der Waals surface area contributed by atoms with Crippen LogP contribution in [0.4, 0.5) is 0 Å². The standard InChI is InChI=1S/C22H23N3O4/c1-15-20(16(2)25(24-15)17-8-5-4-6-9-17)21(26)22(27)23-12-13-29-19-11-7-10-18(14-19)28-3/h4-11,14H,12-13H2,1-3H3,(H,23,27). The average molecular weight is 393 g/mol. The van der Waals surface area contributed by atoms with Crippen LogP contribution in [0.2, 0.25) is 0 Å². The highest BCUT2D eigenvalue weighted by Gasteiger charge is 2.24. The van der Waals surface area contributed by atoms with Gasteiger partial charge in [0.05, 0.1) is 36.3 Å². The maximum Gasteiger partial charge on any atom is 0.292 e. The summed E-state index contributed by atoms with van der Waals surface area (Å²) in [5.74, 6) is 0.0189. The van der Waals surface area contributed by atoms with Crippen molar-refractivity contribution in [2.75, 3.05) is 20.3 Å². The van der Waals surface area contributed by atoms with E-state index in [0.717, 1.165) is 5.69 Å². The molecule has 0 atom stereocenters. The quantitative estimate of drug-likeness (QED) is 0.362. The van der Waals surface area contributed by atoms with Gasteiger partial charge in [0, 0.05) is 6.07 Å². The molecule has 1 N–H and O–H groups in total. The maximum atomic E-state index is 12.7. The van der Waals surface area contributed by atoms with Crippen LogP contribution in [0.1, 0.15) is 21.7 Å². The summed E-state index contributed by atoms with van der Waals surface area (Å²) in [6, 6.07) is 16.6. The fourth-order valence-corrected chi connectivity index (χ4v) is 3.01. The van der Waals surface area contributed by atoms with E-state index < -0.39 is 11.7 Å². The molecule has 7 nitrogen and oxygen atoms in total. The summed E-state index contributed by atoms with van der Waals surface area (Å²) in [5, 5.41) is 7.02. The van der Waals surface area contributed by atoms with Crippen LogP contribution in [-0.4, -0.2) is 41.7 Å². The van der Waals surface area contributed by atoms with E-state index in [2.05, 4.69) is 10.4 Å². The minimum absolute atomic E-state index is 0.201. The molecule has 29 heavy (non-hydrogen) atoms. The van der Waals surface area contributed by atoms with E-state index in [1.165, 1.54) is 0 Å². The average Bonchev–Trinajstić information content (AvgIpc) is 3.05. The molecule has 2 aromatic carbocycles. The molecular formula is C22H23N3O4. The number of Topliss-reactive ketones (excluding diaryl/α,β-unsaturated/α-hetero) is 1. The van der Waals surface area contributed by atoms with E-state index in [-0.39, 0.29) is 13.2 Å². The molecule has 0 aliphatic carbocycles. The zero-order chi connectivity index (χ0) is 20.8. The van der Waals surface area contributed by atoms with Gasteiger partial charge in [-0.2, -0.15) is 5.10 Å². The predicted molar refractivity (Wildman–Crippen MR) is 109 cm³/mol. The number of aryl methyl sites for hydroxylation is 1. The number of hydrogen-bond acceptors (Lipinski definition) is 5. The molecule has 1 heterocycles. The summed E-state index contributed by atoms with van der Waals surface area (Å²) in [6.45, 7) is 3.93. The minimum atomic E-state index is -0.682. The van der Waals surface area contributed by atoms with Gasteiger partial charge in [0.25, 0.3) is 11.7 Å². The van der Waals surface area contributed by atoms with Crippen LogP contribution in [0.3, 0.4) is 0 Å². The highest BCUT2D eigenvalue weighted by molar-refractivity contribution is 6.43. The third kappa shape index (κ3) is 4.63. The van der Waals surface area contributed by atoms with Crippen LogP contribution in [0.5, 0.6) is 11.5 Å². The monoisotopic (exact) mass is 393 g/mol. The second kappa shape index (κ2) is 9.05. The van der Waals surface area contributed by atoms with Crippen LogP contribution in [0.25, 0.3) is 5.69 Å². The molecule has 0 unspecified atom stereocenters. The van der Waals surface area contributed by atoms with Crippen molar-refractivity contribution >= 4 is 11.7 Å². The first-order valence-electron chi connectivity index (χ1n) is 9.22. The van der Waals surface area contributed by atoms with E-state index in [0.29, 0.717) is 28.5 Å². The molecule has 1 amide bonds. The number of rotatable bonds is 8. The number of hydrogen-bond donors (Lipinski definition) is 1. The highest BCUT2D eigenvalue weighted by atomic mass is 16.5. The van der Waals surface area contributed by atoms with Crippen LogP contribution in [-0.2, 0) is 4.79 Å². The van der Waals surface area contributed by atoms with E-state index in [1.54, 1.807) is 37.8 Å². The first kappa shape index (κ1) is 20.1. The van der Waals surface area contributed by atoms with Gasteiger partial charge in [0.15, 0.2) is 0 Å². The van der Waals surface area contributed by atoms with Crippen molar-refractivity contribution in [1.82, 2.24) is 15.1 Å². The number of carbonyl (C=O) groups is 2. The Morgan fingerprint density at radius 3 is 2.48 bits per heavy atom. The first-order valence-corrected chi connectivity index (χ1v) is 9.22. The largest absolute Gasteiger partial charge is 0.497 e. The third-order valence-corrected chi connectivity index (χ3v) is 4.42. The summed E-state index contributed by atoms with van der Waals surface area (Å²) in [7, 11) is 1.58. The van der Waals surface area contributed by atoms with Crippen LogP contribution in [0.15, 0.2) is 54.6 Å². The fourth-order valence-electron chi connectivity index (χ4n) is 3.01. The number of methoxy groups -OCH3 is 1. The van der Waals surface area contributed by atoms with Crippen LogP contribution < -0.4 is 14.8 Å². The summed E-state index contributed by atoms with van der Waals surface area (Å²) in [6.07, 6.45) is 0. The third-order valence-electron chi connectivity index (χ3n) is 4.42. The van der Waals surface area contributed by atoms with Crippen LogP contribution in [0, 0.1) is 13.8 Å². The molecule has 0 saturated heterocycles. The Labute approximate surface area is 169 Å². The van der Waals surface area contributed by atoms with Crippen LogP contribution >= 0.6 is 0 Å². The molecular weight excluding hydrogens is 370 g/mol. The Morgan fingerprint density at radius 2 is 1.76 bits per heavy atom. The number of ether oxygens (including phenoxy) is 2. The predicted octanol–water partition coefficient (Wildman–Crippen LogP) is 2.88. The summed E-state index contributed by atoms with van der Waals surface area (Å²) >= 11 is 0. The number of aromatic nitrogens is 2. The Hall–Kier alpha value is -3.61. The Balaban J connectivity index is 1.60. The zero-order valence-electron chi connectivity index (χ0n) is 16.6. The number of nitrogens with zero attached hydrogens (tertiary/aromatic N) is 2. The molecule has 150 valence electrons. The lowest BCUT2D eigenvalue weighted by Gasteiger charge is -2.09. The molecule has 0 radical (unpaired) electrons. The summed E-state index contributed by atoms with van der Waals surface area (Å²) < 4.78 is 12.4. The SMILES string of the molecule is COc1cccc(OCCNC(=O)C(=O)c2c(C)nn(-c3ccccc3)c2C)c1. The Bertz CT molecular complexity index is 1010. The second-order valence-electron chi connectivity index (χ2n) is 6.41. The lowest BCUT2D eigenvalue weighted by molar-refractivity contribution is -0.117. The zero-order valence-corrected chi connectivity index (χ0v) is 16.6. The van der Waals surface area contributed by atoms with E-state index >= 15 is 0 Å². The first-order chi connectivity index (χ1) is 14.0. The van der Waals surface area contributed by atoms with Crippen molar-refractivity contribution in [2.45, 2.75) is 13.8 Å². The number of para-hydroxylation sites is 1. The molecule has 0 aliphatic heterocycles. The Morgan fingerprint density at radius 1 is 1.03 bits per heavy atom. The summed E-state index contributed by atoms with van der Waals surface area (Å²) in [5.41, 5.74) is 2.29. The molecule has 0 saturated carbocycles. The number of carbonyl (C=O) groups excluding carboxylic acids is 2. The maximum absolute atomic E-state index is 12.7. The number of amides is 1. The van der Waals surface area contributed by atoms with Gasteiger partial charge in [0.2, 0.25) is 0 Å². The van der Waals surface area contributed by atoms with E-state index in [1.807, 2.05) is 42.5 Å². The molecule has 3 aromatic rings. The molecule has 3 rings (SSSR count). The van der Waals surface area contributed by atoms with Gasteiger partial charge in [-0.05, 0) is 38.1 Å². The van der Waals surface area contributed by atoms with Crippen molar-refractivity contribution in [3.63, 3.8) is 0 Å². The fraction of sp³-hybridized carbons (Fsp3) is 0.227. The van der Waals surface area contributed by atoms with Gasteiger partial charge >= 0.3 is 0 Å². The normalized spacial score (nSPS) is 10.4. The van der Waals surface area contributed by atoms with E-state index in [4.69, 9.17) is 9.47 Å². The van der Waals surface area contributed by atoms with E-state index in [9.17, 15) is 9.59 Å². The molecule has 1 aromatic heterocycles. The number of nitrogens with one attached hydrogen (secondary N) is 1. The van der Waals surface area contributed by atoms with Gasteiger partial charge < -0.3 is 14.8 Å². The number of ketones is 1. The van der Waals surface area contributed by atoms with Crippen molar-refractivity contribution in [1.29, 1.82) is 0 Å². The minimum Gasteiger partial charge on any atom is -0.497 e. The van der Waals surface area contributed by atoms with Crippen molar-refractivity contribution in [3.05, 3.63) is 71.5 Å². The van der Waals surface area contributed by atoms with Gasteiger partial charge in [-0.15, -0.1) is 0 Å². The highest BCUT2D eigenvalue weighted by Crippen LogP contribution is 2.19. The number of benzene rings is 2. The van der Waals surface area contributed by atoms with Gasteiger partial charge in [-0.1, -0.05) is 24.3 Å². The molecule has 0 bridgehead atoms. The van der Waals surface area contributed by atoms with Gasteiger partial charge in [-0.3, -0.25) is 9.59 Å². The molecule has 0 aliphatic rings. The van der Waals surface area contributed by atoms with Crippen molar-refractivity contribution < 1.29 is 19.1 Å². The van der Waals surface area contributed by atoms with Crippen molar-refractivity contribution in [3.8, 4) is 17.2 Å². The van der Waals surface area contributed by atoms with Gasteiger partial charge in [-0.25, -0.2) is 4.68 Å². The lowest BCUT2D eigenvalue weighted by Crippen LogP contribution is -2.34. The molecule has 7 heteroatoms.